The molecule has 1 heterocycles. The average molecular weight is 443 g/mol. The quantitative estimate of drug-likeness (QED) is 0.744. The zero-order chi connectivity index (χ0) is 22.0. The van der Waals surface area contributed by atoms with E-state index >= 15 is 0 Å². The lowest BCUT2D eigenvalue weighted by Crippen LogP contribution is -2.36. The van der Waals surface area contributed by atoms with Crippen molar-refractivity contribution < 1.29 is 17.9 Å². The van der Waals surface area contributed by atoms with Gasteiger partial charge in [-0.2, -0.15) is 0 Å². The SMILES string of the molecule is COc1cccc(-c2ccccc2[C@@H]2C[C@H]2C(=O)N2CCC[C@@H](NS(C)(=O)=O)CC2)c1. The van der Waals surface area contributed by atoms with Gasteiger partial charge in [-0.3, -0.25) is 4.79 Å². The molecule has 1 amide bonds. The highest BCUT2D eigenvalue weighted by Crippen LogP contribution is 2.51. The highest BCUT2D eigenvalue weighted by molar-refractivity contribution is 7.88. The number of rotatable bonds is 6. The maximum atomic E-state index is 13.2. The molecule has 0 radical (unpaired) electrons. The first-order chi connectivity index (χ1) is 14.9. The molecule has 2 fully saturated rings. The number of benzene rings is 2. The standard InChI is InChI=1S/C24H30N2O4S/c1-30-19-9-5-7-17(15-19)20-10-3-4-11-21(20)22-16-23(22)24(27)26-13-6-8-18(12-14-26)25-31(2,28)29/h3-5,7,9-11,15,18,22-23,25H,6,8,12-14,16H2,1-2H3/t18-,22+,23-/m1/s1. The van der Waals surface area contributed by atoms with Crippen LogP contribution in [-0.2, 0) is 14.8 Å². The molecule has 166 valence electrons. The third kappa shape index (κ3) is 5.28. The number of hydrogen-bond donors (Lipinski definition) is 1. The van der Waals surface area contributed by atoms with Gasteiger partial charge in [0.25, 0.3) is 0 Å². The monoisotopic (exact) mass is 442 g/mol. The minimum absolute atomic E-state index is 0.00572. The van der Waals surface area contributed by atoms with Gasteiger partial charge < -0.3 is 9.64 Å². The first-order valence-electron chi connectivity index (χ1n) is 10.8. The number of carbonyl (C=O) groups is 1. The highest BCUT2D eigenvalue weighted by atomic mass is 32.2. The third-order valence-corrected chi connectivity index (χ3v) is 7.03. The van der Waals surface area contributed by atoms with Crippen molar-refractivity contribution in [3.05, 3.63) is 54.1 Å². The summed E-state index contributed by atoms with van der Waals surface area (Å²) in [5.41, 5.74) is 3.45. The van der Waals surface area contributed by atoms with Crippen LogP contribution < -0.4 is 9.46 Å². The number of methoxy groups -OCH3 is 1. The minimum atomic E-state index is -3.23. The Hall–Kier alpha value is -2.38. The number of nitrogens with one attached hydrogen (secondary N) is 1. The first-order valence-corrected chi connectivity index (χ1v) is 12.7. The zero-order valence-corrected chi connectivity index (χ0v) is 18.9. The van der Waals surface area contributed by atoms with Crippen LogP contribution >= 0.6 is 0 Å². The Morgan fingerprint density at radius 2 is 1.90 bits per heavy atom. The molecule has 0 unspecified atom stereocenters. The van der Waals surface area contributed by atoms with Crippen LogP contribution in [0.1, 0.15) is 37.2 Å². The van der Waals surface area contributed by atoms with Crippen molar-refractivity contribution in [2.24, 2.45) is 5.92 Å². The largest absolute Gasteiger partial charge is 0.497 e. The Morgan fingerprint density at radius 1 is 1.10 bits per heavy atom. The Labute approximate surface area is 184 Å². The topological polar surface area (TPSA) is 75.7 Å². The van der Waals surface area contributed by atoms with E-state index in [1.165, 1.54) is 11.8 Å². The summed E-state index contributed by atoms with van der Waals surface area (Å²) in [5.74, 6) is 1.25. The van der Waals surface area contributed by atoms with Crippen molar-refractivity contribution in [3.8, 4) is 16.9 Å². The molecular formula is C24H30N2O4S. The Balaban J connectivity index is 1.45. The molecule has 0 bridgehead atoms. The van der Waals surface area contributed by atoms with Gasteiger partial charge in [0.05, 0.1) is 13.4 Å². The molecule has 31 heavy (non-hydrogen) atoms. The van der Waals surface area contributed by atoms with E-state index in [0.29, 0.717) is 19.5 Å². The van der Waals surface area contributed by atoms with Crippen LogP contribution in [0.5, 0.6) is 5.75 Å². The molecule has 0 aromatic heterocycles. The molecule has 2 aliphatic rings. The van der Waals surface area contributed by atoms with Crippen LogP contribution in [0.25, 0.3) is 11.1 Å². The van der Waals surface area contributed by atoms with Crippen molar-refractivity contribution in [3.63, 3.8) is 0 Å². The predicted octanol–water partition coefficient (Wildman–Crippen LogP) is 3.40. The summed E-state index contributed by atoms with van der Waals surface area (Å²) in [6.07, 6.45) is 4.30. The van der Waals surface area contributed by atoms with Crippen molar-refractivity contribution in [2.45, 2.75) is 37.6 Å². The molecule has 1 aliphatic heterocycles. The molecule has 4 rings (SSSR count). The Bertz CT molecular complexity index is 1050. The molecule has 1 N–H and O–H groups in total. The number of likely N-dealkylation sites (tertiary alicyclic amines) is 1. The second-order valence-electron chi connectivity index (χ2n) is 8.61. The van der Waals surface area contributed by atoms with E-state index < -0.39 is 10.0 Å². The normalized spacial score (nSPS) is 23.8. The predicted molar refractivity (Wildman–Crippen MR) is 121 cm³/mol. The molecule has 1 saturated carbocycles. The average Bonchev–Trinajstić information content (AvgIpc) is 3.57. The van der Waals surface area contributed by atoms with E-state index in [0.717, 1.165) is 36.1 Å². The number of carbonyl (C=O) groups excluding carboxylic acids is 1. The lowest BCUT2D eigenvalue weighted by atomic mass is 9.95. The van der Waals surface area contributed by atoms with Gasteiger partial charge in [0.2, 0.25) is 15.9 Å². The number of ether oxygens (including phenoxy) is 1. The maximum Gasteiger partial charge on any atom is 0.226 e. The molecule has 1 aliphatic carbocycles. The summed E-state index contributed by atoms with van der Waals surface area (Å²) in [7, 11) is -1.56. The molecule has 6 nitrogen and oxygen atoms in total. The third-order valence-electron chi connectivity index (χ3n) is 6.27. The first kappa shape index (κ1) is 21.8. The highest BCUT2D eigenvalue weighted by Gasteiger charge is 2.46. The molecule has 1 saturated heterocycles. The van der Waals surface area contributed by atoms with Crippen LogP contribution in [0, 0.1) is 5.92 Å². The smallest absolute Gasteiger partial charge is 0.226 e. The number of sulfonamides is 1. The summed E-state index contributed by atoms with van der Waals surface area (Å²) in [5, 5.41) is 0. The van der Waals surface area contributed by atoms with E-state index in [2.05, 4.69) is 22.9 Å². The van der Waals surface area contributed by atoms with E-state index in [9.17, 15) is 13.2 Å². The summed E-state index contributed by atoms with van der Waals surface area (Å²) in [6, 6.07) is 16.2. The van der Waals surface area contributed by atoms with Gasteiger partial charge >= 0.3 is 0 Å². The Kier molecular flexibility index (Phi) is 6.34. The van der Waals surface area contributed by atoms with Gasteiger partial charge in [0.1, 0.15) is 5.75 Å². The second kappa shape index (κ2) is 9.01. The van der Waals surface area contributed by atoms with E-state index in [4.69, 9.17) is 4.74 Å². The summed E-state index contributed by atoms with van der Waals surface area (Å²) >= 11 is 0. The minimum Gasteiger partial charge on any atom is -0.497 e. The van der Waals surface area contributed by atoms with Gasteiger partial charge in [0.15, 0.2) is 0 Å². The number of amides is 1. The molecule has 7 heteroatoms. The fraction of sp³-hybridized carbons (Fsp3) is 0.458. The number of nitrogens with zero attached hydrogens (tertiary/aromatic N) is 1. The van der Waals surface area contributed by atoms with Gasteiger partial charge in [-0.15, -0.1) is 0 Å². The van der Waals surface area contributed by atoms with Gasteiger partial charge in [-0.05, 0) is 60.4 Å². The van der Waals surface area contributed by atoms with Crippen molar-refractivity contribution >= 4 is 15.9 Å². The van der Waals surface area contributed by atoms with Crippen molar-refractivity contribution in [1.29, 1.82) is 0 Å². The summed E-state index contributed by atoms with van der Waals surface area (Å²) in [6.45, 7) is 1.30. The molecule has 3 atom stereocenters. The van der Waals surface area contributed by atoms with Gasteiger partial charge in [0, 0.05) is 25.0 Å². The van der Waals surface area contributed by atoms with Gasteiger partial charge in [-0.1, -0.05) is 36.4 Å². The molecular weight excluding hydrogens is 412 g/mol. The van der Waals surface area contributed by atoms with Crippen LogP contribution in [0.3, 0.4) is 0 Å². The lowest BCUT2D eigenvalue weighted by molar-refractivity contribution is -0.132. The van der Waals surface area contributed by atoms with E-state index in [1.54, 1.807) is 7.11 Å². The maximum absolute atomic E-state index is 13.2. The molecule has 2 aromatic rings. The molecule has 2 aromatic carbocycles. The van der Waals surface area contributed by atoms with E-state index in [-0.39, 0.29) is 23.8 Å². The summed E-state index contributed by atoms with van der Waals surface area (Å²) < 4.78 is 31.1. The van der Waals surface area contributed by atoms with Crippen molar-refractivity contribution in [2.75, 3.05) is 26.5 Å². The van der Waals surface area contributed by atoms with Gasteiger partial charge in [-0.25, -0.2) is 13.1 Å². The van der Waals surface area contributed by atoms with Crippen LogP contribution in [0.2, 0.25) is 0 Å². The fourth-order valence-corrected chi connectivity index (χ4v) is 5.50. The van der Waals surface area contributed by atoms with Crippen LogP contribution in [0.4, 0.5) is 0 Å². The summed E-state index contributed by atoms with van der Waals surface area (Å²) in [4.78, 5) is 15.1. The molecule has 0 spiro atoms. The fourth-order valence-electron chi connectivity index (χ4n) is 4.66. The zero-order valence-electron chi connectivity index (χ0n) is 18.1. The van der Waals surface area contributed by atoms with Crippen LogP contribution in [-0.4, -0.2) is 51.7 Å². The van der Waals surface area contributed by atoms with E-state index in [1.807, 2.05) is 35.2 Å². The lowest BCUT2D eigenvalue weighted by Gasteiger charge is -2.21. The van der Waals surface area contributed by atoms with Crippen LogP contribution in [0.15, 0.2) is 48.5 Å². The van der Waals surface area contributed by atoms with Crippen molar-refractivity contribution in [1.82, 2.24) is 9.62 Å². The number of hydrogen-bond acceptors (Lipinski definition) is 4. The Morgan fingerprint density at radius 3 is 2.68 bits per heavy atom. The second-order valence-corrected chi connectivity index (χ2v) is 10.4.